The molecule has 94 valence electrons. The van der Waals surface area contributed by atoms with Crippen molar-refractivity contribution >= 4 is 5.97 Å². The van der Waals surface area contributed by atoms with Crippen molar-refractivity contribution in [3.63, 3.8) is 0 Å². The van der Waals surface area contributed by atoms with E-state index in [1.165, 1.54) is 12.3 Å². The first kappa shape index (κ1) is 13.4. The number of hydrogen-bond donors (Lipinski definition) is 0. The third-order valence-electron chi connectivity index (χ3n) is 1.73. The van der Waals surface area contributed by atoms with Crippen LogP contribution in [0.25, 0.3) is 0 Å². The quantitative estimate of drug-likeness (QED) is 0.735. The third-order valence-corrected chi connectivity index (χ3v) is 1.73. The number of carbonyl (C=O) groups is 1. The van der Waals surface area contributed by atoms with Crippen molar-refractivity contribution in [2.75, 3.05) is 6.61 Å². The van der Waals surface area contributed by atoms with Gasteiger partial charge < -0.3 is 9.47 Å². The summed E-state index contributed by atoms with van der Waals surface area (Å²) in [5.74, 6) is -0.0818. The van der Waals surface area contributed by atoms with Gasteiger partial charge in [-0.15, -0.1) is 0 Å². The second kappa shape index (κ2) is 6.18. The zero-order valence-electron chi connectivity index (χ0n) is 10.6. The second-order valence-corrected chi connectivity index (χ2v) is 4.38. The molecule has 0 aliphatic carbocycles. The highest BCUT2D eigenvalue weighted by molar-refractivity contribution is 5.87. The number of carbonyl (C=O) groups excluding carboxylic acids is 1. The zero-order chi connectivity index (χ0) is 12.8. The molecular formula is C12H18N2O3. The Morgan fingerprint density at radius 2 is 2.06 bits per heavy atom. The van der Waals surface area contributed by atoms with Crippen LogP contribution < -0.4 is 4.74 Å². The minimum atomic E-state index is -0.461. The minimum absolute atomic E-state index is 0.169. The van der Waals surface area contributed by atoms with Gasteiger partial charge in [0.05, 0.1) is 12.7 Å². The third kappa shape index (κ3) is 4.80. The summed E-state index contributed by atoms with van der Waals surface area (Å²) in [5, 5.41) is 0. The lowest BCUT2D eigenvalue weighted by atomic mass is 10.2. The largest absolute Gasteiger partial charge is 0.463 e. The fourth-order valence-electron chi connectivity index (χ4n) is 1.04. The molecule has 0 atom stereocenters. The Kier molecular flexibility index (Phi) is 4.87. The van der Waals surface area contributed by atoms with E-state index in [4.69, 9.17) is 9.47 Å². The van der Waals surface area contributed by atoms with Crippen LogP contribution in [-0.2, 0) is 4.74 Å². The standard InChI is InChI=1S/C12H18N2O3/c1-8(2)7-16-12-13-6-5-10(14-12)11(15)17-9(3)4/h5-6,8-9H,7H2,1-4H3. The maximum atomic E-state index is 11.6. The van der Waals surface area contributed by atoms with Gasteiger partial charge in [0.25, 0.3) is 0 Å². The van der Waals surface area contributed by atoms with Crippen molar-refractivity contribution in [1.29, 1.82) is 0 Å². The molecule has 1 aromatic heterocycles. The summed E-state index contributed by atoms with van der Waals surface area (Å²) >= 11 is 0. The molecule has 17 heavy (non-hydrogen) atoms. The average molecular weight is 238 g/mol. The van der Waals surface area contributed by atoms with Gasteiger partial charge in [-0.3, -0.25) is 0 Å². The molecule has 0 unspecified atom stereocenters. The lowest BCUT2D eigenvalue weighted by Gasteiger charge is -2.09. The predicted octanol–water partition coefficient (Wildman–Crippen LogP) is 2.08. The summed E-state index contributed by atoms with van der Waals surface area (Å²) in [4.78, 5) is 19.5. The molecule has 0 fully saturated rings. The highest BCUT2D eigenvalue weighted by Gasteiger charge is 2.12. The van der Waals surface area contributed by atoms with Gasteiger partial charge in [-0.1, -0.05) is 13.8 Å². The Bertz CT molecular complexity index is 378. The Morgan fingerprint density at radius 3 is 2.65 bits per heavy atom. The highest BCUT2D eigenvalue weighted by atomic mass is 16.5. The first-order valence-electron chi connectivity index (χ1n) is 5.66. The summed E-state index contributed by atoms with van der Waals surface area (Å²) in [5.41, 5.74) is 0.215. The normalized spacial score (nSPS) is 10.7. The predicted molar refractivity (Wildman–Crippen MR) is 62.9 cm³/mol. The van der Waals surface area contributed by atoms with Crippen LogP contribution in [0, 0.1) is 5.92 Å². The summed E-state index contributed by atoms with van der Waals surface area (Å²) in [6.45, 7) is 8.14. The molecule has 0 saturated carbocycles. The number of esters is 1. The maximum Gasteiger partial charge on any atom is 0.357 e. The van der Waals surface area contributed by atoms with Crippen LogP contribution in [0.5, 0.6) is 6.01 Å². The van der Waals surface area contributed by atoms with E-state index in [2.05, 4.69) is 9.97 Å². The first-order valence-corrected chi connectivity index (χ1v) is 5.66. The van der Waals surface area contributed by atoms with Crippen LogP contribution in [0.4, 0.5) is 0 Å². The van der Waals surface area contributed by atoms with Crippen LogP contribution in [0.15, 0.2) is 12.3 Å². The van der Waals surface area contributed by atoms with Gasteiger partial charge in [-0.2, -0.15) is 4.98 Å². The van der Waals surface area contributed by atoms with Gasteiger partial charge in [0, 0.05) is 6.20 Å². The summed E-state index contributed by atoms with van der Waals surface area (Å²) < 4.78 is 10.4. The lowest BCUT2D eigenvalue weighted by molar-refractivity contribution is 0.0369. The van der Waals surface area contributed by atoms with Crippen molar-refractivity contribution in [2.24, 2.45) is 5.92 Å². The first-order chi connectivity index (χ1) is 7.99. The molecule has 1 aromatic rings. The summed E-state index contributed by atoms with van der Waals surface area (Å²) in [7, 11) is 0. The monoisotopic (exact) mass is 238 g/mol. The minimum Gasteiger partial charge on any atom is -0.463 e. The summed E-state index contributed by atoms with van der Waals surface area (Å²) in [6, 6.07) is 1.71. The van der Waals surface area contributed by atoms with Crippen molar-refractivity contribution in [3.8, 4) is 6.01 Å². The van der Waals surface area contributed by atoms with Crippen molar-refractivity contribution in [3.05, 3.63) is 18.0 Å². The Hall–Kier alpha value is -1.65. The maximum absolute atomic E-state index is 11.6. The molecule has 0 N–H and O–H groups in total. The van der Waals surface area contributed by atoms with E-state index in [1.54, 1.807) is 13.8 Å². The molecule has 0 saturated heterocycles. The molecule has 1 heterocycles. The molecule has 0 aliphatic heterocycles. The molecule has 0 amide bonds. The zero-order valence-corrected chi connectivity index (χ0v) is 10.6. The van der Waals surface area contributed by atoms with Crippen molar-refractivity contribution in [2.45, 2.75) is 33.8 Å². The molecule has 0 bridgehead atoms. The molecule has 5 nitrogen and oxygen atoms in total. The van der Waals surface area contributed by atoms with Crippen LogP contribution in [0.2, 0.25) is 0 Å². The number of nitrogens with zero attached hydrogens (tertiary/aromatic N) is 2. The molecule has 0 radical (unpaired) electrons. The average Bonchev–Trinajstić information content (AvgIpc) is 2.26. The van der Waals surface area contributed by atoms with E-state index in [0.717, 1.165) is 0 Å². The van der Waals surface area contributed by atoms with Crippen molar-refractivity contribution in [1.82, 2.24) is 9.97 Å². The second-order valence-electron chi connectivity index (χ2n) is 4.38. The van der Waals surface area contributed by atoms with Gasteiger partial charge >= 0.3 is 12.0 Å². The smallest absolute Gasteiger partial charge is 0.357 e. The van der Waals surface area contributed by atoms with Gasteiger partial charge in [-0.25, -0.2) is 9.78 Å². The molecule has 5 heteroatoms. The topological polar surface area (TPSA) is 61.3 Å². The fraction of sp³-hybridized carbons (Fsp3) is 0.583. The van der Waals surface area contributed by atoms with Gasteiger partial charge in [0.15, 0.2) is 5.69 Å². The number of rotatable bonds is 5. The molecule has 0 spiro atoms. The number of ether oxygens (including phenoxy) is 2. The van der Waals surface area contributed by atoms with Crippen LogP contribution >= 0.6 is 0 Å². The fourth-order valence-corrected chi connectivity index (χ4v) is 1.04. The van der Waals surface area contributed by atoms with Gasteiger partial charge in [-0.05, 0) is 25.8 Å². The van der Waals surface area contributed by atoms with Gasteiger partial charge in [0.1, 0.15) is 0 Å². The van der Waals surface area contributed by atoms with E-state index < -0.39 is 5.97 Å². The van der Waals surface area contributed by atoms with Crippen LogP contribution in [-0.4, -0.2) is 28.6 Å². The van der Waals surface area contributed by atoms with Crippen molar-refractivity contribution < 1.29 is 14.3 Å². The molecule has 0 aromatic carbocycles. The van der Waals surface area contributed by atoms with E-state index in [0.29, 0.717) is 12.5 Å². The summed E-state index contributed by atoms with van der Waals surface area (Å²) in [6.07, 6.45) is 1.32. The Morgan fingerprint density at radius 1 is 1.35 bits per heavy atom. The van der Waals surface area contributed by atoms with Crippen LogP contribution in [0.3, 0.4) is 0 Å². The number of hydrogen-bond acceptors (Lipinski definition) is 5. The van der Waals surface area contributed by atoms with E-state index in [1.807, 2.05) is 13.8 Å². The van der Waals surface area contributed by atoms with Gasteiger partial charge in [0.2, 0.25) is 0 Å². The number of aromatic nitrogens is 2. The highest BCUT2D eigenvalue weighted by Crippen LogP contribution is 2.07. The Balaban J connectivity index is 2.68. The van der Waals surface area contributed by atoms with Crippen LogP contribution in [0.1, 0.15) is 38.2 Å². The SMILES string of the molecule is CC(C)COc1nccc(C(=O)OC(C)C)n1. The Labute approximate surface area is 101 Å². The van der Waals surface area contributed by atoms with E-state index in [9.17, 15) is 4.79 Å². The van der Waals surface area contributed by atoms with E-state index >= 15 is 0 Å². The van der Waals surface area contributed by atoms with E-state index in [-0.39, 0.29) is 17.8 Å². The molecule has 1 rings (SSSR count). The lowest BCUT2D eigenvalue weighted by Crippen LogP contribution is -2.14. The molecule has 0 aliphatic rings. The molecular weight excluding hydrogens is 220 g/mol.